The van der Waals surface area contributed by atoms with Gasteiger partial charge in [0, 0.05) is 6.20 Å². The van der Waals surface area contributed by atoms with Crippen LogP contribution in [0.25, 0.3) is 16.6 Å². The molecule has 3 heterocycles. The van der Waals surface area contributed by atoms with E-state index in [0.29, 0.717) is 17.1 Å². The van der Waals surface area contributed by atoms with Gasteiger partial charge in [-0.3, -0.25) is 9.67 Å². The average molecular weight is 483 g/mol. The minimum absolute atomic E-state index is 0.155. The summed E-state index contributed by atoms with van der Waals surface area (Å²) in [4.78, 5) is 4.37. The van der Waals surface area contributed by atoms with Gasteiger partial charge in [-0.25, -0.2) is 17.8 Å². The fourth-order valence-electron chi connectivity index (χ4n) is 4.08. The Hall–Kier alpha value is -3.24. The number of hydrogen-bond acceptors (Lipinski definition) is 6. The van der Waals surface area contributed by atoms with Crippen molar-refractivity contribution in [2.45, 2.75) is 58.0 Å². The van der Waals surface area contributed by atoms with Gasteiger partial charge in [0.15, 0.2) is 0 Å². The van der Waals surface area contributed by atoms with E-state index >= 15 is 0 Å². The van der Waals surface area contributed by atoms with Crippen molar-refractivity contribution in [3.63, 3.8) is 0 Å². The van der Waals surface area contributed by atoms with Crippen LogP contribution in [0.5, 0.6) is 5.75 Å². The second-order valence-electron chi connectivity index (χ2n) is 9.37. The summed E-state index contributed by atoms with van der Waals surface area (Å²) in [7, 11) is -3.78. The number of aromatic nitrogens is 5. The molecule has 0 unspecified atom stereocenters. The third kappa shape index (κ3) is 4.55. The number of rotatable bonds is 7. The Labute approximate surface area is 199 Å². The Balaban J connectivity index is 1.51. The fraction of sp³-hybridized carbons (Fsp3) is 0.375. The number of nitrogens with one attached hydrogen (secondary N) is 1. The molecule has 0 radical (unpaired) electrons. The third-order valence-electron chi connectivity index (χ3n) is 5.44. The van der Waals surface area contributed by atoms with Crippen molar-refractivity contribution in [2.75, 3.05) is 6.61 Å². The average Bonchev–Trinajstić information content (AvgIpc) is 3.33. The van der Waals surface area contributed by atoms with E-state index in [1.54, 1.807) is 48.7 Å². The largest absolute Gasteiger partial charge is 0.491 e. The van der Waals surface area contributed by atoms with Gasteiger partial charge >= 0.3 is 0 Å². The highest BCUT2D eigenvalue weighted by Crippen LogP contribution is 2.28. The van der Waals surface area contributed by atoms with Gasteiger partial charge in [-0.05, 0) is 65.8 Å². The maximum absolute atomic E-state index is 13.2. The van der Waals surface area contributed by atoms with E-state index in [-0.39, 0.29) is 17.0 Å². The van der Waals surface area contributed by atoms with Crippen molar-refractivity contribution >= 4 is 20.9 Å². The van der Waals surface area contributed by atoms with E-state index in [4.69, 9.17) is 4.74 Å². The van der Waals surface area contributed by atoms with Crippen LogP contribution in [0.1, 0.15) is 39.1 Å². The summed E-state index contributed by atoms with van der Waals surface area (Å²) in [5.74, 6) is 0.631. The topological polar surface area (TPSA) is 104 Å². The summed E-state index contributed by atoms with van der Waals surface area (Å²) in [6.07, 6.45) is 5.19. The monoisotopic (exact) mass is 482 g/mol. The van der Waals surface area contributed by atoms with Gasteiger partial charge in [-0.15, -0.1) is 0 Å². The van der Waals surface area contributed by atoms with Crippen LogP contribution in [0, 0.1) is 13.8 Å². The molecule has 3 aromatic heterocycles. The lowest BCUT2D eigenvalue weighted by Crippen LogP contribution is -2.37. The molecule has 1 N–H and O–H groups in total. The van der Waals surface area contributed by atoms with Gasteiger partial charge in [0.1, 0.15) is 17.3 Å². The molecule has 0 bridgehead atoms. The number of sulfonamides is 1. The first-order valence-electron chi connectivity index (χ1n) is 11.1. The van der Waals surface area contributed by atoms with Gasteiger partial charge in [-0.1, -0.05) is 6.07 Å². The maximum Gasteiger partial charge on any atom is 0.244 e. The van der Waals surface area contributed by atoms with Crippen LogP contribution in [0.4, 0.5) is 0 Å². The SMILES string of the molecule is Cc1nn(C(C)(C)C)c(C)c1S(=O)(=O)N[C@@H](C)COc1cccc2c1cnn2-c1cccnc1. The summed E-state index contributed by atoms with van der Waals surface area (Å²) >= 11 is 0. The molecule has 0 saturated carbocycles. The van der Waals surface area contributed by atoms with Crippen LogP contribution in [0.2, 0.25) is 0 Å². The van der Waals surface area contributed by atoms with E-state index in [1.807, 2.05) is 51.1 Å². The number of fused-ring (bicyclic) bond motifs is 1. The molecule has 10 heteroatoms. The summed E-state index contributed by atoms with van der Waals surface area (Å²) in [5, 5.41) is 9.77. The quantitative estimate of drug-likeness (QED) is 0.430. The van der Waals surface area contributed by atoms with E-state index in [0.717, 1.165) is 16.6 Å². The Morgan fingerprint density at radius 3 is 2.53 bits per heavy atom. The standard InChI is InChI=1S/C24H30N6O3S/c1-16(28-34(31,32)23-17(2)27-30(18(23)3)24(4,5)6)15-33-22-11-7-10-21-20(22)14-26-29(21)19-9-8-12-25-13-19/h7-14,16,28H,15H2,1-6H3/t16-/m0/s1. The molecule has 0 fully saturated rings. The lowest BCUT2D eigenvalue weighted by molar-refractivity contribution is 0.290. The first kappa shape index (κ1) is 23.9. The summed E-state index contributed by atoms with van der Waals surface area (Å²) < 4.78 is 38.6. The van der Waals surface area contributed by atoms with Crippen molar-refractivity contribution < 1.29 is 13.2 Å². The Morgan fingerprint density at radius 2 is 1.88 bits per heavy atom. The predicted molar refractivity (Wildman–Crippen MR) is 131 cm³/mol. The summed E-state index contributed by atoms with van der Waals surface area (Å²) in [6.45, 7) is 11.4. The van der Waals surface area contributed by atoms with E-state index in [2.05, 4.69) is 19.9 Å². The van der Waals surface area contributed by atoms with E-state index in [9.17, 15) is 8.42 Å². The van der Waals surface area contributed by atoms with Crippen molar-refractivity contribution in [1.82, 2.24) is 29.3 Å². The Morgan fingerprint density at radius 1 is 1.12 bits per heavy atom. The number of nitrogens with zero attached hydrogens (tertiary/aromatic N) is 5. The highest BCUT2D eigenvalue weighted by Gasteiger charge is 2.29. The number of ether oxygens (including phenoxy) is 1. The van der Waals surface area contributed by atoms with E-state index in [1.165, 1.54) is 0 Å². The van der Waals surface area contributed by atoms with Crippen LogP contribution < -0.4 is 9.46 Å². The Bertz CT molecular complexity index is 1420. The number of pyridine rings is 1. The first-order valence-corrected chi connectivity index (χ1v) is 12.6. The van der Waals surface area contributed by atoms with Crippen molar-refractivity contribution in [2.24, 2.45) is 0 Å². The molecule has 4 rings (SSSR count). The molecule has 0 aliphatic heterocycles. The molecule has 180 valence electrons. The Kier molecular flexibility index (Phi) is 6.22. The third-order valence-corrected chi connectivity index (χ3v) is 7.28. The van der Waals surface area contributed by atoms with Crippen LogP contribution in [0.15, 0.2) is 53.8 Å². The van der Waals surface area contributed by atoms with Gasteiger partial charge in [0.25, 0.3) is 0 Å². The highest BCUT2D eigenvalue weighted by molar-refractivity contribution is 7.89. The van der Waals surface area contributed by atoms with Crippen molar-refractivity contribution in [3.05, 3.63) is 60.3 Å². The molecule has 0 aliphatic carbocycles. The predicted octanol–water partition coefficient (Wildman–Crippen LogP) is 3.73. The molecule has 9 nitrogen and oxygen atoms in total. The van der Waals surface area contributed by atoms with Crippen molar-refractivity contribution in [1.29, 1.82) is 0 Å². The van der Waals surface area contributed by atoms with Gasteiger partial charge in [-0.2, -0.15) is 10.2 Å². The molecule has 1 aromatic carbocycles. The van der Waals surface area contributed by atoms with Gasteiger partial charge in [0.2, 0.25) is 10.0 Å². The summed E-state index contributed by atoms with van der Waals surface area (Å²) in [6, 6.07) is 8.99. The van der Waals surface area contributed by atoms with Gasteiger partial charge < -0.3 is 4.74 Å². The fourth-order valence-corrected chi connectivity index (χ4v) is 5.70. The normalized spacial score (nSPS) is 13.4. The molecule has 0 spiro atoms. The molecule has 0 saturated heterocycles. The lowest BCUT2D eigenvalue weighted by Gasteiger charge is -2.21. The van der Waals surface area contributed by atoms with Crippen LogP contribution in [-0.4, -0.2) is 45.6 Å². The highest BCUT2D eigenvalue weighted by atomic mass is 32.2. The van der Waals surface area contributed by atoms with Crippen LogP contribution >= 0.6 is 0 Å². The molecular formula is C24H30N6O3S. The van der Waals surface area contributed by atoms with Crippen LogP contribution in [-0.2, 0) is 15.6 Å². The maximum atomic E-state index is 13.2. The second kappa shape index (κ2) is 8.84. The minimum Gasteiger partial charge on any atom is -0.491 e. The minimum atomic E-state index is -3.78. The number of hydrogen-bond donors (Lipinski definition) is 1. The smallest absolute Gasteiger partial charge is 0.244 e. The summed E-state index contributed by atoms with van der Waals surface area (Å²) in [5.41, 5.74) is 2.48. The zero-order valence-corrected chi connectivity index (χ0v) is 21.1. The van der Waals surface area contributed by atoms with Crippen molar-refractivity contribution in [3.8, 4) is 11.4 Å². The zero-order valence-electron chi connectivity index (χ0n) is 20.3. The molecule has 4 aromatic rings. The lowest BCUT2D eigenvalue weighted by atomic mass is 10.1. The zero-order chi connectivity index (χ0) is 24.7. The van der Waals surface area contributed by atoms with Gasteiger partial charge in [0.05, 0.1) is 52.0 Å². The number of aryl methyl sites for hydroxylation is 1. The molecule has 1 atom stereocenters. The molecule has 34 heavy (non-hydrogen) atoms. The second-order valence-corrected chi connectivity index (χ2v) is 11.0. The molecule has 0 aliphatic rings. The molecular weight excluding hydrogens is 452 g/mol. The van der Waals surface area contributed by atoms with Crippen LogP contribution in [0.3, 0.4) is 0 Å². The first-order chi connectivity index (χ1) is 16.0. The van der Waals surface area contributed by atoms with E-state index < -0.39 is 16.1 Å². The molecule has 0 amide bonds. The number of benzene rings is 1.